The molecule has 10 heteroatoms. The van der Waals surface area contributed by atoms with Crippen LogP contribution in [0.15, 0.2) is 40.6 Å². The summed E-state index contributed by atoms with van der Waals surface area (Å²) >= 11 is 1.56. The zero-order valence-corrected chi connectivity index (χ0v) is 18.1. The van der Waals surface area contributed by atoms with Crippen LogP contribution in [0, 0.1) is 0 Å². The average molecular weight is 451 g/mol. The van der Waals surface area contributed by atoms with E-state index < -0.39 is 22.0 Å². The van der Waals surface area contributed by atoms with Gasteiger partial charge in [0.15, 0.2) is 6.04 Å². The molecular formula is C20H22N2O6S2. The van der Waals surface area contributed by atoms with Gasteiger partial charge >= 0.3 is 5.97 Å². The van der Waals surface area contributed by atoms with Gasteiger partial charge in [-0.15, -0.1) is 11.3 Å². The topological polar surface area (TPSA) is 93.2 Å². The standard InChI is InChI=1S/C20H22N2O6S2/c1-27-20(24)18-16-7-13-29-17(16)6-8-22(18)19(23)14-2-4-15(5-3-14)30(25,26)21-9-11-28-12-10-21/h2-5,7,13,18H,6,8-12H2,1H3. The molecule has 2 aliphatic heterocycles. The molecule has 8 nitrogen and oxygen atoms in total. The van der Waals surface area contributed by atoms with E-state index in [9.17, 15) is 18.0 Å². The molecule has 0 aliphatic carbocycles. The third-order valence-corrected chi connectivity index (χ3v) is 8.27. The normalized spacial score (nSPS) is 19.9. The Labute approximate surface area is 179 Å². The van der Waals surface area contributed by atoms with Crippen molar-refractivity contribution >= 4 is 33.2 Å². The number of carbonyl (C=O) groups is 2. The van der Waals surface area contributed by atoms with E-state index in [0.29, 0.717) is 44.8 Å². The Hall–Kier alpha value is -2.27. The van der Waals surface area contributed by atoms with E-state index in [-0.39, 0.29) is 10.8 Å². The monoisotopic (exact) mass is 450 g/mol. The minimum absolute atomic E-state index is 0.129. The fourth-order valence-electron chi connectivity index (χ4n) is 3.77. The van der Waals surface area contributed by atoms with E-state index in [1.807, 2.05) is 11.4 Å². The van der Waals surface area contributed by atoms with Crippen molar-refractivity contribution in [3.63, 3.8) is 0 Å². The van der Waals surface area contributed by atoms with Gasteiger partial charge in [0.1, 0.15) is 0 Å². The van der Waals surface area contributed by atoms with Crippen molar-refractivity contribution in [1.82, 2.24) is 9.21 Å². The molecule has 1 aromatic carbocycles. The second-order valence-corrected chi connectivity index (χ2v) is 9.95. The summed E-state index contributed by atoms with van der Waals surface area (Å²) in [4.78, 5) is 28.3. The molecule has 1 fully saturated rings. The molecule has 160 valence electrons. The Morgan fingerprint density at radius 2 is 1.80 bits per heavy atom. The summed E-state index contributed by atoms with van der Waals surface area (Å²) in [5, 5.41) is 1.90. The quantitative estimate of drug-likeness (QED) is 0.658. The number of methoxy groups -OCH3 is 1. The molecule has 3 heterocycles. The molecule has 1 saturated heterocycles. The molecule has 0 spiro atoms. The lowest BCUT2D eigenvalue weighted by atomic mass is 9.99. The van der Waals surface area contributed by atoms with Gasteiger partial charge < -0.3 is 14.4 Å². The van der Waals surface area contributed by atoms with Crippen molar-refractivity contribution in [2.75, 3.05) is 40.0 Å². The third-order valence-electron chi connectivity index (χ3n) is 5.36. The average Bonchev–Trinajstić information content (AvgIpc) is 3.27. The van der Waals surface area contributed by atoms with Crippen molar-refractivity contribution in [1.29, 1.82) is 0 Å². The number of esters is 1. The molecule has 0 radical (unpaired) electrons. The number of carbonyl (C=O) groups excluding carboxylic acids is 2. The minimum Gasteiger partial charge on any atom is -0.467 e. The van der Waals surface area contributed by atoms with Crippen LogP contribution in [0.25, 0.3) is 0 Å². The Bertz CT molecular complexity index is 1040. The van der Waals surface area contributed by atoms with Crippen LogP contribution in [0.2, 0.25) is 0 Å². The van der Waals surface area contributed by atoms with Gasteiger partial charge in [0.05, 0.1) is 25.2 Å². The summed E-state index contributed by atoms with van der Waals surface area (Å²) in [5.74, 6) is -0.827. The van der Waals surface area contributed by atoms with E-state index >= 15 is 0 Å². The Morgan fingerprint density at radius 3 is 2.47 bits per heavy atom. The highest BCUT2D eigenvalue weighted by atomic mass is 32.2. The Balaban J connectivity index is 1.58. The third kappa shape index (κ3) is 3.76. The number of ether oxygens (including phenoxy) is 2. The Kier molecular flexibility index (Phi) is 5.92. The fourth-order valence-corrected chi connectivity index (χ4v) is 6.08. The first kappa shape index (κ1) is 21.0. The second kappa shape index (κ2) is 8.46. The number of nitrogens with zero attached hydrogens (tertiary/aromatic N) is 2. The van der Waals surface area contributed by atoms with Crippen molar-refractivity contribution in [3.05, 3.63) is 51.7 Å². The number of rotatable bonds is 4. The highest BCUT2D eigenvalue weighted by molar-refractivity contribution is 7.89. The molecule has 1 aromatic heterocycles. The van der Waals surface area contributed by atoms with E-state index in [4.69, 9.17) is 9.47 Å². The molecule has 2 aliphatic rings. The van der Waals surface area contributed by atoms with Gasteiger partial charge in [0, 0.05) is 30.1 Å². The zero-order chi connectivity index (χ0) is 21.3. The lowest BCUT2D eigenvalue weighted by molar-refractivity contribution is -0.146. The summed E-state index contributed by atoms with van der Waals surface area (Å²) in [6.07, 6.45) is 0.662. The van der Waals surface area contributed by atoms with Gasteiger partial charge in [0.25, 0.3) is 5.91 Å². The van der Waals surface area contributed by atoms with Crippen LogP contribution in [-0.4, -0.2) is 69.5 Å². The largest absolute Gasteiger partial charge is 0.467 e. The molecule has 0 N–H and O–H groups in total. The summed E-state index contributed by atoms with van der Waals surface area (Å²) < 4.78 is 37.1. The van der Waals surface area contributed by atoms with Crippen LogP contribution < -0.4 is 0 Å². The maximum atomic E-state index is 13.2. The van der Waals surface area contributed by atoms with Crippen molar-refractivity contribution < 1.29 is 27.5 Å². The van der Waals surface area contributed by atoms with E-state index in [1.165, 1.54) is 40.6 Å². The predicted molar refractivity (Wildman–Crippen MR) is 110 cm³/mol. The Morgan fingerprint density at radius 1 is 1.10 bits per heavy atom. The van der Waals surface area contributed by atoms with E-state index in [2.05, 4.69) is 0 Å². The van der Waals surface area contributed by atoms with Crippen LogP contribution in [0.1, 0.15) is 26.8 Å². The summed E-state index contributed by atoms with van der Waals surface area (Å²) in [6.45, 7) is 1.73. The number of fused-ring (bicyclic) bond motifs is 1. The van der Waals surface area contributed by atoms with Crippen molar-refractivity contribution in [2.45, 2.75) is 17.4 Å². The van der Waals surface area contributed by atoms with Crippen LogP contribution in [0.3, 0.4) is 0 Å². The first-order valence-corrected chi connectivity index (χ1v) is 11.9. The van der Waals surface area contributed by atoms with E-state index in [0.717, 1.165) is 10.4 Å². The molecular weight excluding hydrogens is 428 g/mol. The SMILES string of the molecule is COC(=O)C1c2ccsc2CCN1C(=O)c1ccc(S(=O)(=O)N2CCOCC2)cc1. The lowest BCUT2D eigenvalue weighted by Gasteiger charge is -2.34. The highest BCUT2D eigenvalue weighted by Gasteiger charge is 2.38. The maximum Gasteiger partial charge on any atom is 0.333 e. The predicted octanol–water partition coefficient (Wildman–Crippen LogP) is 1.68. The van der Waals surface area contributed by atoms with Crippen molar-refractivity contribution in [2.24, 2.45) is 0 Å². The van der Waals surface area contributed by atoms with Crippen LogP contribution >= 0.6 is 11.3 Å². The van der Waals surface area contributed by atoms with Crippen LogP contribution in [-0.2, 0) is 30.7 Å². The van der Waals surface area contributed by atoms with Gasteiger partial charge in [0.2, 0.25) is 10.0 Å². The number of thiophene rings is 1. The number of sulfonamides is 1. The van der Waals surface area contributed by atoms with Crippen LogP contribution in [0.4, 0.5) is 0 Å². The second-order valence-electron chi connectivity index (χ2n) is 7.01. The highest BCUT2D eigenvalue weighted by Crippen LogP contribution is 2.35. The first-order valence-electron chi connectivity index (χ1n) is 9.56. The summed E-state index contributed by atoms with van der Waals surface area (Å²) in [6, 6.07) is 6.91. The molecule has 1 atom stereocenters. The molecule has 0 saturated carbocycles. The summed E-state index contributed by atoms with van der Waals surface area (Å²) in [5.41, 5.74) is 1.11. The lowest BCUT2D eigenvalue weighted by Crippen LogP contribution is -2.43. The van der Waals surface area contributed by atoms with Gasteiger partial charge in [-0.25, -0.2) is 13.2 Å². The van der Waals surface area contributed by atoms with Gasteiger partial charge in [-0.05, 0) is 47.7 Å². The van der Waals surface area contributed by atoms with Gasteiger partial charge in [-0.2, -0.15) is 4.31 Å². The molecule has 4 rings (SSSR count). The fraction of sp³-hybridized carbons (Fsp3) is 0.400. The van der Waals surface area contributed by atoms with Gasteiger partial charge in [-0.1, -0.05) is 0 Å². The molecule has 1 amide bonds. The number of hydrogen-bond donors (Lipinski definition) is 0. The van der Waals surface area contributed by atoms with Crippen LogP contribution in [0.5, 0.6) is 0 Å². The summed E-state index contributed by atoms with van der Waals surface area (Å²) in [7, 11) is -2.33. The molecule has 30 heavy (non-hydrogen) atoms. The number of amides is 1. The van der Waals surface area contributed by atoms with Gasteiger partial charge in [-0.3, -0.25) is 4.79 Å². The number of benzene rings is 1. The maximum absolute atomic E-state index is 13.2. The number of morpholine rings is 1. The molecule has 0 bridgehead atoms. The smallest absolute Gasteiger partial charge is 0.333 e. The molecule has 1 unspecified atom stereocenters. The molecule has 2 aromatic rings. The zero-order valence-electron chi connectivity index (χ0n) is 16.4. The van der Waals surface area contributed by atoms with Crippen molar-refractivity contribution in [3.8, 4) is 0 Å². The minimum atomic E-state index is -3.63. The first-order chi connectivity index (χ1) is 14.4. The number of hydrogen-bond acceptors (Lipinski definition) is 7. The van der Waals surface area contributed by atoms with E-state index in [1.54, 1.807) is 11.3 Å².